The lowest BCUT2D eigenvalue weighted by molar-refractivity contribution is -0.123. The van der Waals surface area contributed by atoms with Gasteiger partial charge < -0.3 is 20.7 Å². The summed E-state index contributed by atoms with van der Waals surface area (Å²) in [5, 5.41) is 10.3. The number of carbonyl (C=O) groups excluding carboxylic acids is 1. The molecule has 0 heterocycles. The maximum atomic E-state index is 11.7. The van der Waals surface area contributed by atoms with Gasteiger partial charge in [-0.15, -0.1) is 0 Å². The van der Waals surface area contributed by atoms with Crippen molar-refractivity contribution >= 4 is 23.5 Å². The number of guanidine groups is 1. The summed E-state index contributed by atoms with van der Waals surface area (Å²) < 4.78 is 5.53. The van der Waals surface area contributed by atoms with Crippen LogP contribution < -0.4 is 20.7 Å². The van der Waals surface area contributed by atoms with Gasteiger partial charge in [-0.25, -0.2) is 0 Å². The van der Waals surface area contributed by atoms with E-state index in [0.717, 1.165) is 49.8 Å². The third kappa shape index (κ3) is 7.95. The van der Waals surface area contributed by atoms with Gasteiger partial charge in [-0.3, -0.25) is 9.79 Å². The van der Waals surface area contributed by atoms with Crippen molar-refractivity contribution in [1.29, 1.82) is 0 Å². The van der Waals surface area contributed by atoms with E-state index < -0.39 is 0 Å². The van der Waals surface area contributed by atoms with Gasteiger partial charge in [-0.1, -0.05) is 35.9 Å². The minimum absolute atomic E-state index is 0.0549. The summed E-state index contributed by atoms with van der Waals surface area (Å²) in [5.41, 5.74) is 2.42. The molecule has 0 atom stereocenters. The Morgan fingerprint density at radius 3 is 2.10 bits per heavy atom. The molecule has 1 amide bonds. The SMILES string of the molecule is CN=C(NCCc1ccc(Cl)cc1)NCCc1ccc(OCC(=O)NC2CC2)cc1. The lowest BCUT2D eigenvalue weighted by Crippen LogP contribution is -2.39. The van der Waals surface area contributed by atoms with Crippen molar-refractivity contribution in [3.63, 3.8) is 0 Å². The minimum Gasteiger partial charge on any atom is -0.484 e. The zero-order chi connectivity index (χ0) is 21.2. The van der Waals surface area contributed by atoms with Crippen LogP contribution in [0.4, 0.5) is 0 Å². The highest BCUT2D eigenvalue weighted by molar-refractivity contribution is 6.30. The van der Waals surface area contributed by atoms with Gasteiger partial charge >= 0.3 is 0 Å². The lowest BCUT2D eigenvalue weighted by Gasteiger charge is -2.12. The smallest absolute Gasteiger partial charge is 0.258 e. The highest BCUT2D eigenvalue weighted by Crippen LogP contribution is 2.18. The molecule has 0 aromatic heterocycles. The van der Waals surface area contributed by atoms with Crippen LogP contribution in [0.15, 0.2) is 53.5 Å². The minimum atomic E-state index is -0.0549. The number of halogens is 1. The molecule has 1 aliphatic carbocycles. The highest BCUT2D eigenvalue weighted by Gasteiger charge is 2.23. The van der Waals surface area contributed by atoms with Gasteiger partial charge in [0.1, 0.15) is 5.75 Å². The molecule has 30 heavy (non-hydrogen) atoms. The van der Waals surface area contributed by atoms with Gasteiger partial charge in [0.05, 0.1) is 0 Å². The molecule has 0 unspecified atom stereocenters. The Kier molecular flexibility index (Phi) is 8.39. The molecule has 1 saturated carbocycles. The summed E-state index contributed by atoms with van der Waals surface area (Å²) in [4.78, 5) is 15.9. The summed E-state index contributed by atoms with van der Waals surface area (Å²) in [5.74, 6) is 1.43. The summed E-state index contributed by atoms with van der Waals surface area (Å²) in [6.45, 7) is 1.63. The Morgan fingerprint density at radius 1 is 1.00 bits per heavy atom. The largest absolute Gasteiger partial charge is 0.484 e. The maximum Gasteiger partial charge on any atom is 0.258 e. The summed E-state index contributed by atoms with van der Waals surface area (Å²) in [6.07, 6.45) is 3.92. The van der Waals surface area contributed by atoms with Gasteiger partial charge in [-0.05, 0) is 61.1 Å². The van der Waals surface area contributed by atoms with E-state index >= 15 is 0 Å². The molecule has 0 radical (unpaired) electrons. The predicted octanol–water partition coefficient (Wildman–Crippen LogP) is 2.95. The molecule has 7 heteroatoms. The van der Waals surface area contributed by atoms with Gasteiger partial charge in [0.15, 0.2) is 12.6 Å². The van der Waals surface area contributed by atoms with Crippen LogP contribution in [0.5, 0.6) is 5.75 Å². The number of aliphatic imine (C=N–C) groups is 1. The molecule has 3 N–H and O–H groups in total. The van der Waals surface area contributed by atoms with E-state index in [-0.39, 0.29) is 12.5 Å². The van der Waals surface area contributed by atoms with Crippen LogP contribution >= 0.6 is 11.6 Å². The fourth-order valence-electron chi connectivity index (χ4n) is 2.92. The Bertz CT molecular complexity index is 833. The number of hydrogen-bond donors (Lipinski definition) is 3. The van der Waals surface area contributed by atoms with E-state index in [9.17, 15) is 4.79 Å². The van der Waals surface area contributed by atoms with Crippen LogP contribution in [0, 0.1) is 0 Å². The van der Waals surface area contributed by atoms with Crippen LogP contribution in [-0.2, 0) is 17.6 Å². The van der Waals surface area contributed by atoms with Crippen molar-refractivity contribution in [1.82, 2.24) is 16.0 Å². The van der Waals surface area contributed by atoms with Crippen LogP contribution in [0.3, 0.4) is 0 Å². The van der Waals surface area contributed by atoms with E-state index in [1.54, 1.807) is 7.05 Å². The quantitative estimate of drug-likeness (QED) is 0.402. The van der Waals surface area contributed by atoms with Crippen LogP contribution in [0.2, 0.25) is 5.02 Å². The zero-order valence-corrected chi connectivity index (χ0v) is 18.0. The Hall–Kier alpha value is -2.73. The predicted molar refractivity (Wildman–Crippen MR) is 121 cm³/mol. The summed E-state index contributed by atoms with van der Waals surface area (Å²) >= 11 is 5.91. The molecule has 0 spiro atoms. The van der Waals surface area contributed by atoms with E-state index in [0.29, 0.717) is 11.8 Å². The average molecular weight is 429 g/mol. The summed E-state index contributed by atoms with van der Waals surface area (Å²) in [6, 6.07) is 16.1. The average Bonchev–Trinajstić information content (AvgIpc) is 3.57. The van der Waals surface area contributed by atoms with Crippen molar-refractivity contribution in [3.05, 3.63) is 64.7 Å². The standard InChI is InChI=1S/C23H29ClN4O2/c1-25-23(26-14-12-17-2-6-19(24)7-3-17)27-15-13-18-4-10-21(11-5-18)30-16-22(29)28-20-8-9-20/h2-7,10-11,20H,8-9,12-16H2,1H3,(H,28,29)(H2,25,26,27). The number of nitrogens with one attached hydrogen (secondary N) is 3. The second-order valence-electron chi connectivity index (χ2n) is 7.33. The van der Waals surface area contributed by atoms with Crippen molar-refractivity contribution in [3.8, 4) is 5.75 Å². The molecule has 1 fully saturated rings. The van der Waals surface area contributed by atoms with E-state index in [1.165, 1.54) is 11.1 Å². The molecular weight excluding hydrogens is 400 g/mol. The van der Waals surface area contributed by atoms with Gasteiger partial charge in [0.2, 0.25) is 0 Å². The third-order valence-electron chi connectivity index (χ3n) is 4.78. The number of hydrogen-bond acceptors (Lipinski definition) is 3. The van der Waals surface area contributed by atoms with E-state index in [1.807, 2.05) is 48.5 Å². The second-order valence-corrected chi connectivity index (χ2v) is 7.76. The van der Waals surface area contributed by atoms with Gasteiger partial charge in [0, 0.05) is 31.2 Å². The van der Waals surface area contributed by atoms with Crippen LogP contribution in [-0.4, -0.2) is 44.7 Å². The molecule has 2 aromatic rings. The topological polar surface area (TPSA) is 74.8 Å². The van der Waals surface area contributed by atoms with Crippen LogP contribution in [0.25, 0.3) is 0 Å². The normalized spacial score (nSPS) is 13.6. The highest BCUT2D eigenvalue weighted by atomic mass is 35.5. The van der Waals surface area contributed by atoms with Gasteiger partial charge in [-0.2, -0.15) is 0 Å². The molecule has 0 bridgehead atoms. The molecule has 6 nitrogen and oxygen atoms in total. The van der Waals surface area contributed by atoms with E-state index in [4.69, 9.17) is 16.3 Å². The number of carbonyl (C=O) groups is 1. The molecule has 2 aromatic carbocycles. The summed E-state index contributed by atoms with van der Waals surface area (Å²) in [7, 11) is 1.77. The van der Waals surface area contributed by atoms with E-state index in [2.05, 4.69) is 20.9 Å². The molecule has 0 saturated heterocycles. The molecule has 1 aliphatic rings. The third-order valence-corrected chi connectivity index (χ3v) is 5.04. The van der Waals surface area contributed by atoms with Crippen molar-refractivity contribution in [2.75, 3.05) is 26.7 Å². The fraction of sp³-hybridized carbons (Fsp3) is 0.391. The molecular formula is C23H29ClN4O2. The van der Waals surface area contributed by atoms with Crippen molar-refractivity contribution in [2.45, 2.75) is 31.7 Å². The van der Waals surface area contributed by atoms with Gasteiger partial charge in [0.25, 0.3) is 5.91 Å². The second kappa shape index (κ2) is 11.5. The molecule has 0 aliphatic heterocycles. The first-order valence-electron chi connectivity index (χ1n) is 10.3. The first-order valence-corrected chi connectivity index (χ1v) is 10.7. The number of benzene rings is 2. The Balaban J connectivity index is 1.31. The number of amides is 1. The first-order chi connectivity index (χ1) is 14.6. The number of ether oxygens (including phenoxy) is 1. The number of rotatable bonds is 10. The first kappa shape index (κ1) is 22.0. The lowest BCUT2D eigenvalue weighted by atomic mass is 10.1. The number of nitrogens with zero attached hydrogens (tertiary/aromatic N) is 1. The fourth-order valence-corrected chi connectivity index (χ4v) is 3.05. The van der Waals surface area contributed by atoms with Crippen molar-refractivity contribution in [2.24, 2.45) is 4.99 Å². The molecule has 3 rings (SSSR count). The Morgan fingerprint density at radius 2 is 1.57 bits per heavy atom. The zero-order valence-electron chi connectivity index (χ0n) is 17.3. The van der Waals surface area contributed by atoms with Crippen molar-refractivity contribution < 1.29 is 9.53 Å². The molecule has 160 valence electrons. The monoisotopic (exact) mass is 428 g/mol. The Labute approximate surface area is 183 Å². The van der Waals surface area contributed by atoms with Crippen LogP contribution in [0.1, 0.15) is 24.0 Å². The maximum absolute atomic E-state index is 11.7.